The summed E-state index contributed by atoms with van der Waals surface area (Å²) in [5.41, 5.74) is 3.29. The number of hydrogen-bond donors (Lipinski definition) is 2. The van der Waals surface area contributed by atoms with E-state index in [-0.39, 0.29) is 6.61 Å². The molecule has 0 bridgehead atoms. The SMILES string of the molecule is COc1cc(CNCCc2ccccc2)ccc1OCC(O)c1ccccc1. The van der Waals surface area contributed by atoms with Gasteiger partial charge in [-0.15, -0.1) is 0 Å². The third kappa shape index (κ3) is 5.84. The van der Waals surface area contributed by atoms with Crippen LogP contribution in [0.15, 0.2) is 78.9 Å². The van der Waals surface area contributed by atoms with Gasteiger partial charge in [0.1, 0.15) is 12.7 Å². The van der Waals surface area contributed by atoms with Crippen molar-refractivity contribution in [2.45, 2.75) is 19.1 Å². The lowest BCUT2D eigenvalue weighted by Crippen LogP contribution is -2.16. The number of rotatable bonds is 10. The van der Waals surface area contributed by atoms with Crippen molar-refractivity contribution in [1.82, 2.24) is 5.32 Å². The van der Waals surface area contributed by atoms with Crippen LogP contribution in [0.5, 0.6) is 11.5 Å². The number of hydrogen-bond acceptors (Lipinski definition) is 4. The molecule has 0 fully saturated rings. The van der Waals surface area contributed by atoms with Crippen LogP contribution in [0.25, 0.3) is 0 Å². The van der Waals surface area contributed by atoms with Gasteiger partial charge >= 0.3 is 0 Å². The molecule has 0 aliphatic heterocycles. The molecule has 3 aromatic rings. The van der Waals surface area contributed by atoms with E-state index in [0.29, 0.717) is 11.5 Å². The highest BCUT2D eigenvalue weighted by Gasteiger charge is 2.11. The molecule has 4 nitrogen and oxygen atoms in total. The van der Waals surface area contributed by atoms with Gasteiger partial charge in [0.15, 0.2) is 11.5 Å². The molecule has 2 N–H and O–H groups in total. The Labute approximate surface area is 166 Å². The number of methoxy groups -OCH3 is 1. The minimum Gasteiger partial charge on any atom is -0.493 e. The van der Waals surface area contributed by atoms with Gasteiger partial charge in [-0.2, -0.15) is 0 Å². The molecular formula is C24H27NO3. The van der Waals surface area contributed by atoms with Crippen LogP contribution in [0.2, 0.25) is 0 Å². The predicted molar refractivity (Wildman–Crippen MR) is 112 cm³/mol. The van der Waals surface area contributed by atoms with Gasteiger partial charge in [-0.3, -0.25) is 0 Å². The van der Waals surface area contributed by atoms with Gasteiger partial charge < -0.3 is 19.9 Å². The Morgan fingerprint density at radius 1 is 0.857 bits per heavy atom. The topological polar surface area (TPSA) is 50.7 Å². The van der Waals surface area contributed by atoms with Crippen LogP contribution < -0.4 is 14.8 Å². The second kappa shape index (κ2) is 10.5. The van der Waals surface area contributed by atoms with E-state index in [9.17, 15) is 5.11 Å². The Bertz CT molecular complexity index is 837. The van der Waals surface area contributed by atoms with Gasteiger partial charge in [0.2, 0.25) is 0 Å². The third-order valence-electron chi connectivity index (χ3n) is 4.57. The summed E-state index contributed by atoms with van der Waals surface area (Å²) in [5, 5.41) is 13.7. The first-order valence-electron chi connectivity index (χ1n) is 9.53. The van der Waals surface area contributed by atoms with Gasteiger partial charge in [-0.1, -0.05) is 66.7 Å². The molecular weight excluding hydrogens is 350 g/mol. The summed E-state index contributed by atoms with van der Waals surface area (Å²) in [6.07, 6.45) is 0.321. The standard InChI is InChI=1S/C24H27NO3/c1-27-24-16-20(17-25-15-14-19-8-4-2-5-9-19)12-13-23(24)28-18-22(26)21-10-6-3-7-11-21/h2-13,16,22,25-26H,14-15,17-18H2,1H3. The minimum atomic E-state index is -0.676. The van der Waals surface area contributed by atoms with E-state index in [2.05, 4.69) is 29.6 Å². The number of aliphatic hydroxyl groups excluding tert-OH is 1. The fraction of sp³-hybridized carbons (Fsp3) is 0.250. The summed E-state index contributed by atoms with van der Waals surface area (Å²) in [4.78, 5) is 0. The van der Waals surface area contributed by atoms with Crippen LogP contribution >= 0.6 is 0 Å². The average molecular weight is 377 g/mol. The normalized spacial score (nSPS) is 11.8. The Morgan fingerprint density at radius 2 is 1.57 bits per heavy atom. The van der Waals surface area contributed by atoms with Crippen LogP contribution in [-0.4, -0.2) is 25.4 Å². The number of nitrogens with one attached hydrogen (secondary N) is 1. The Kier molecular flexibility index (Phi) is 7.47. The molecule has 0 aliphatic rings. The van der Waals surface area contributed by atoms with Crippen molar-refractivity contribution in [3.63, 3.8) is 0 Å². The van der Waals surface area contributed by atoms with Gasteiger partial charge in [0, 0.05) is 6.54 Å². The van der Waals surface area contributed by atoms with Gasteiger partial charge in [0.05, 0.1) is 7.11 Å². The Hall–Kier alpha value is -2.82. The van der Waals surface area contributed by atoms with Crippen molar-refractivity contribution < 1.29 is 14.6 Å². The predicted octanol–water partition coefficient (Wildman–Crippen LogP) is 4.14. The van der Waals surface area contributed by atoms with E-state index in [1.54, 1.807) is 7.11 Å². The molecule has 4 heteroatoms. The van der Waals surface area contributed by atoms with E-state index in [1.807, 2.05) is 54.6 Å². The lowest BCUT2D eigenvalue weighted by molar-refractivity contribution is 0.106. The fourth-order valence-electron chi connectivity index (χ4n) is 2.99. The highest BCUT2D eigenvalue weighted by atomic mass is 16.5. The van der Waals surface area contributed by atoms with E-state index in [4.69, 9.17) is 9.47 Å². The highest BCUT2D eigenvalue weighted by Crippen LogP contribution is 2.29. The molecule has 3 aromatic carbocycles. The van der Waals surface area contributed by atoms with Crippen molar-refractivity contribution in [1.29, 1.82) is 0 Å². The average Bonchev–Trinajstić information content (AvgIpc) is 2.76. The lowest BCUT2D eigenvalue weighted by atomic mass is 10.1. The zero-order valence-electron chi connectivity index (χ0n) is 16.2. The molecule has 0 amide bonds. The molecule has 0 spiro atoms. The number of aliphatic hydroxyl groups is 1. The molecule has 0 radical (unpaired) electrons. The van der Waals surface area contributed by atoms with Crippen molar-refractivity contribution in [2.24, 2.45) is 0 Å². The third-order valence-corrected chi connectivity index (χ3v) is 4.57. The van der Waals surface area contributed by atoms with Gasteiger partial charge in [-0.25, -0.2) is 0 Å². The first kappa shape index (κ1) is 19.9. The molecule has 146 valence electrons. The van der Waals surface area contributed by atoms with Gasteiger partial charge in [-0.05, 0) is 41.8 Å². The second-order valence-corrected chi connectivity index (χ2v) is 6.64. The van der Waals surface area contributed by atoms with Crippen molar-refractivity contribution in [3.05, 3.63) is 95.6 Å². The molecule has 28 heavy (non-hydrogen) atoms. The molecule has 0 saturated carbocycles. The van der Waals surface area contributed by atoms with E-state index in [1.165, 1.54) is 5.56 Å². The van der Waals surface area contributed by atoms with Crippen molar-refractivity contribution in [3.8, 4) is 11.5 Å². The van der Waals surface area contributed by atoms with Crippen LogP contribution in [-0.2, 0) is 13.0 Å². The zero-order valence-corrected chi connectivity index (χ0v) is 16.2. The largest absolute Gasteiger partial charge is 0.493 e. The molecule has 0 saturated heterocycles. The maximum Gasteiger partial charge on any atom is 0.161 e. The molecule has 1 atom stereocenters. The first-order chi connectivity index (χ1) is 13.8. The smallest absolute Gasteiger partial charge is 0.161 e. The lowest BCUT2D eigenvalue weighted by Gasteiger charge is -2.15. The zero-order chi connectivity index (χ0) is 19.6. The van der Waals surface area contributed by atoms with Crippen molar-refractivity contribution in [2.75, 3.05) is 20.3 Å². The molecule has 3 rings (SSSR count). The highest BCUT2D eigenvalue weighted by molar-refractivity contribution is 5.43. The van der Waals surface area contributed by atoms with Crippen molar-refractivity contribution >= 4 is 0 Å². The summed E-state index contributed by atoms with van der Waals surface area (Å²) < 4.78 is 11.3. The summed E-state index contributed by atoms with van der Waals surface area (Å²) in [6.45, 7) is 1.85. The second-order valence-electron chi connectivity index (χ2n) is 6.64. The first-order valence-corrected chi connectivity index (χ1v) is 9.53. The molecule has 0 aromatic heterocycles. The van der Waals surface area contributed by atoms with Gasteiger partial charge in [0.25, 0.3) is 0 Å². The number of ether oxygens (including phenoxy) is 2. The maximum absolute atomic E-state index is 10.3. The van der Waals surface area contributed by atoms with Crippen LogP contribution in [0.1, 0.15) is 22.8 Å². The van der Waals surface area contributed by atoms with Crippen LogP contribution in [0, 0.1) is 0 Å². The molecule has 0 heterocycles. The summed E-state index contributed by atoms with van der Waals surface area (Å²) >= 11 is 0. The monoisotopic (exact) mass is 377 g/mol. The quantitative estimate of drug-likeness (QED) is 0.522. The maximum atomic E-state index is 10.3. The fourth-order valence-corrected chi connectivity index (χ4v) is 2.99. The van der Waals surface area contributed by atoms with E-state index >= 15 is 0 Å². The van der Waals surface area contributed by atoms with Crippen LogP contribution in [0.3, 0.4) is 0 Å². The van der Waals surface area contributed by atoms with E-state index in [0.717, 1.165) is 30.6 Å². The summed E-state index contributed by atoms with van der Waals surface area (Å²) in [5.74, 6) is 1.30. The Balaban J connectivity index is 1.50. The van der Waals surface area contributed by atoms with Crippen LogP contribution in [0.4, 0.5) is 0 Å². The number of benzene rings is 3. The summed E-state index contributed by atoms with van der Waals surface area (Å²) in [7, 11) is 1.63. The van der Waals surface area contributed by atoms with E-state index < -0.39 is 6.10 Å². The summed E-state index contributed by atoms with van der Waals surface area (Å²) in [6, 6.07) is 25.8. The minimum absolute atomic E-state index is 0.176. The molecule has 0 aliphatic carbocycles. The molecule has 1 unspecified atom stereocenters. The Morgan fingerprint density at radius 3 is 2.29 bits per heavy atom.